The van der Waals surface area contributed by atoms with E-state index < -0.39 is 6.10 Å². The molecule has 4 heteroatoms. The molecule has 1 amide bonds. The van der Waals surface area contributed by atoms with E-state index in [0.717, 1.165) is 24.2 Å². The summed E-state index contributed by atoms with van der Waals surface area (Å²) in [5.41, 5.74) is 3.56. The van der Waals surface area contributed by atoms with Gasteiger partial charge >= 0.3 is 0 Å². The van der Waals surface area contributed by atoms with E-state index in [1.165, 1.54) is 12.5 Å². The smallest absolute Gasteiger partial charge is 0.265 e. The zero-order valence-corrected chi connectivity index (χ0v) is 21.0. The van der Waals surface area contributed by atoms with E-state index in [1.807, 2.05) is 13.0 Å². The molecule has 2 aromatic carbocycles. The third-order valence-corrected chi connectivity index (χ3v) is 6.73. The summed E-state index contributed by atoms with van der Waals surface area (Å²) in [5.74, 6) is 0.504. The van der Waals surface area contributed by atoms with E-state index in [2.05, 4.69) is 59.0 Å². The molecule has 0 aliphatic carbocycles. The zero-order valence-electron chi connectivity index (χ0n) is 21.0. The van der Waals surface area contributed by atoms with Gasteiger partial charge in [0.1, 0.15) is 5.75 Å². The summed E-state index contributed by atoms with van der Waals surface area (Å²) in [6, 6.07) is 13.4. The van der Waals surface area contributed by atoms with Gasteiger partial charge in [-0.05, 0) is 60.8 Å². The fraction of sp³-hybridized carbons (Fsp3) is 0.500. The second-order valence-electron chi connectivity index (χ2n) is 9.83. The van der Waals surface area contributed by atoms with Gasteiger partial charge in [-0.2, -0.15) is 0 Å². The minimum Gasteiger partial charge on any atom is -0.480 e. The highest BCUT2D eigenvalue weighted by Gasteiger charge is 2.28. The molecular formula is C28H39NO3. The van der Waals surface area contributed by atoms with Crippen LogP contribution in [-0.2, 0) is 15.6 Å². The molecule has 0 fully saturated rings. The topological polar surface area (TPSA) is 55.4 Å². The molecule has 4 nitrogen and oxygen atoms in total. The average Bonchev–Trinajstić information content (AvgIpc) is 2.77. The Morgan fingerprint density at radius 3 is 2.16 bits per heavy atom. The molecule has 32 heavy (non-hydrogen) atoms. The Kier molecular flexibility index (Phi) is 8.28. The molecule has 1 atom stereocenters. The molecule has 2 rings (SSSR count). The lowest BCUT2D eigenvalue weighted by molar-refractivity contribution is -0.122. The van der Waals surface area contributed by atoms with Gasteiger partial charge < -0.3 is 10.1 Å². The van der Waals surface area contributed by atoms with Crippen molar-refractivity contribution in [2.45, 2.75) is 91.6 Å². The summed E-state index contributed by atoms with van der Waals surface area (Å²) in [7, 11) is 0. The first-order valence-electron chi connectivity index (χ1n) is 11.7. The van der Waals surface area contributed by atoms with Crippen LogP contribution in [0.15, 0.2) is 42.5 Å². The Bertz CT molecular complexity index is 959. The lowest BCUT2D eigenvalue weighted by Crippen LogP contribution is -2.33. The number of amides is 1. The summed E-state index contributed by atoms with van der Waals surface area (Å²) in [6.45, 7) is 16.8. The highest BCUT2D eigenvalue weighted by atomic mass is 16.5. The molecular weight excluding hydrogens is 398 g/mol. The molecule has 0 saturated heterocycles. The first kappa shape index (κ1) is 25.6. The summed E-state index contributed by atoms with van der Waals surface area (Å²) in [5, 5.41) is 2.91. The summed E-state index contributed by atoms with van der Waals surface area (Å²) < 4.78 is 6.32. The largest absolute Gasteiger partial charge is 0.480 e. The maximum absolute atomic E-state index is 13.0. The SMILES string of the molecule is CCC(Oc1ccc(C(C)(C)CC)cc1C(C)(C)CC)C(=O)Nc1cccc(C(C)=O)c1. The molecule has 2 aromatic rings. The maximum Gasteiger partial charge on any atom is 0.265 e. The quantitative estimate of drug-likeness (QED) is 0.405. The molecule has 0 radical (unpaired) electrons. The monoisotopic (exact) mass is 437 g/mol. The highest BCUT2D eigenvalue weighted by Crippen LogP contribution is 2.39. The van der Waals surface area contributed by atoms with Crippen LogP contribution in [0.25, 0.3) is 0 Å². The Balaban J connectivity index is 2.34. The standard InChI is InChI=1S/C28H39NO3/c1-9-24(26(31)29-22-14-12-13-20(17-22)19(4)30)32-25-16-15-21(27(5,6)10-2)18-23(25)28(7,8)11-3/h12-18,24H,9-11H2,1-8H3,(H,29,31). The molecule has 0 saturated carbocycles. The predicted octanol–water partition coefficient (Wildman–Crippen LogP) is 7.06. The van der Waals surface area contributed by atoms with Crippen LogP contribution in [0.3, 0.4) is 0 Å². The van der Waals surface area contributed by atoms with Crippen molar-refractivity contribution in [3.8, 4) is 5.75 Å². The van der Waals surface area contributed by atoms with Gasteiger partial charge in [0.05, 0.1) is 0 Å². The van der Waals surface area contributed by atoms with Crippen molar-refractivity contribution in [1.29, 1.82) is 0 Å². The molecule has 174 valence electrons. The summed E-state index contributed by atoms with van der Waals surface area (Å²) in [6.07, 6.45) is 1.90. The van der Waals surface area contributed by atoms with Gasteiger partial charge in [0.15, 0.2) is 11.9 Å². The van der Waals surface area contributed by atoms with E-state index >= 15 is 0 Å². The van der Waals surface area contributed by atoms with Crippen LogP contribution in [0, 0.1) is 0 Å². The lowest BCUT2D eigenvalue weighted by Gasteiger charge is -2.31. The van der Waals surface area contributed by atoms with Crippen LogP contribution in [0.2, 0.25) is 0 Å². The van der Waals surface area contributed by atoms with Gasteiger partial charge in [-0.1, -0.05) is 72.7 Å². The van der Waals surface area contributed by atoms with E-state index in [0.29, 0.717) is 17.7 Å². The number of benzene rings is 2. The van der Waals surface area contributed by atoms with Gasteiger partial charge in [-0.25, -0.2) is 0 Å². The van der Waals surface area contributed by atoms with Gasteiger partial charge in [0.2, 0.25) is 0 Å². The lowest BCUT2D eigenvalue weighted by atomic mass is 9.76. The highest BCUT2D eigenvalue weighted by molar-refractivity contribution is 5.98. The van der Waals surface area contributed by atoms with Crippen molar-refractivity contribution < 1.29 is 14.3 Å². The second kappa shape index (κ2) is 10.3. The van der Waals surface area contributed by atoms with Crippen molar-refractivity contribution in [2.24, 2.45) is 0 Å². The van der Waals surface area contributed by atoms with E-state index in [4.69, 9.17) is 4.74 Å². The normalized spacial score (nSPS) is 12.9. The fourth-order valence-electron chi connectivity index (χ4n) is 3.49. The third-order valence-electron chi connectivity index (χ3n) is 6.73. The number of nitrogens with one attached hydrogen (secondary N) is 1. The third kappa shape index (κ3) is 5.99. The van der Waals surface area contributed by atoms with Crippen LogP contribution >= 0.6 is 0 Å². The number of anilines is 1. The Hall–Kier alpha value is -2.62. The predicted molar refractivity (Wildman–Crippen MR) is 133 cm³/mol. The number of hydrogen-bond acceptors (Lipinski definition) is 3. The van der Waals surface area contributed by atoms with Gasteiger partial charge in [-0.15, -0.1) is 0 Å². The number of ether oxygens (including phenoxy) is 1. The zero-order chi connectivity index (χ0) is 24.1. The van der Waals surface area contributed by atoms with E-state index in [-0.39, 0.29) is 22.5 Å². The van der Waals surface area contributed by atoms with Crippen molar-refractivity contribution >= 4 is 17.4 Å². The Morgan fingerprint density at radius 2 is 1.59 bits per heavy atom. The minimum atomic E-state index is -0.632. The van der Waals surface area contributed by atoms with Crippen LogP contribution in [-0.4, -0.2) is 17.8 Å². The number of carbonyl (C=O) groups is 2. The number of carbonyl (C=O) groups excluding carboxylic acids is 2. The molecule has 0 bridgehead atoms. The second-order valence-corrected chi connectivity index (χ2v) is 9.83. The van der Waals surface area contributed by atoms with Crippen molar-refractivity contribution in [2.75, 3.05) is 5.32 Å². The number of rotatable bonds is 10. The average molecular weight is 438 g/mol. The molecule has 0 heterocycles. The number of Topliss-reactive ketones (excluding diaryl/α,β-unsaturated/α-hetero) is 1. The molecule has 0 aliphatic heterocycles. The summed E-state index contributed by atoms with van der Waals surface area (Å²) in [4.78, 5) is 24.7. The van der Waals surface area contributed by atoms with Crippen LogP contribution in [0.1, 0.15) is 96.1 Å². The van der Waals surface area contributed by atoms with Crippen LogP contribution in [0.5, 0.6) is 5.75 Å². The Labute approximate surface area is 193 Å². The molecule has 0 aromatic heterocycles. The minimum absolute atomic E-state index is 0.0362. The molecule has 0 spiro atoms. The first-order valence-corrected chi connectivity index (χ1v) is 11.7. The van der Waals surface area contributed by atoms with E-state index in [1.54, 1.807) is 24.3 Å². The Morgan fingerprint density at radius 1 is 0.938 bits per heavy atom. The molecule has 1 unspecified atom stereocenters. The van der Waals surface area contributed by atoms with Crippen molar-refractivity contribution in [1.82, 2.24) is 0 Å². The molecule has 0 aliphatic rings. The number of ketones is 1. The van der Waals surface area contributed by atoms with Crippen molar-refractivity contribution in [3.05, 3.63) is 59.2 Å². The van der Waals surface area contributed by atoms with E-state index in [9.17, 15) is 9.59 Å². The van der Waals surface area contributed by atoms with Gasteiger partial charge in [0.25, 0.3) is 5.91 Å². The van der Waals surface area contributed by atoms with Crippen LogP contribution < -0.4 is 10.1 Å². The van der Waals surface area contributed by atoms with Gasteiger partial charge in [-0.3, -0.25) is 9.59 Å². The van der Waals surface area contributed by atoms with Crippen LogP contribution in [0.4, 0.5) is 5.69 Å². The first-order chi connectivity index (χ1) is 14.9. The number of hydrogen-bond donors (Lipinski definition) is 1. The summed E-state index contributed by atoms with van der Waals surface area (Å²) >= 11 is 0. The molecule has 1 N–H and O–H groups in total. The fourth-order valence-corrected chi connectivity index (χ4v) is 3.49. The maximum atomic E-state index is 13.0. The van der Waals surface area contributed by atoms with Gasteiger partial charge in [0, 0.05) is 16.8 Å². The van der Waals surface area contributed by atoms with Crippen molar-refractivity contribution in [3.63, 3.8) is 0 Å².